The van der Waals surface area contributed by atoms with Crippen molar-refractivity contribution >= 4 is 28.3 Å². The molecular formula is C18H25ClN4. The number of benzene rings is 1. The highest BCUT2D eigenvalue weighted by atomic mass is 35.5. The van der Waals surface area contributed by atoms with Gasteiger partial charge in [-0.2, -0.15) is 5.10 Å². The van der Waals surface area contributed by atoms with Crippen LogP contribution in [0.15, 0.2) is 29.3 Å². The first kappa shape index (κ1) is 16.3. The third-order valence-electron chi connectivity index (χ3n) is 4.66. The zero-order valence-electron chi connectivity index (χ0n) is 13.5. The lowest BCUT2D eigenvalue weighted by Crippen LogP contribution is -2.13. The maximum atomic E-state index is 5.64. The van der Waals surface area contributed by atoms with E-state index in [1.54, 1.807) is 0 Å². The molecule has 124 valence electrons. The van der Waals surface area contributed by atoms with E-state index in [0.717, 1.165) is 25.3 Å². The van der Waals surface area contributed by atoms with Gasteiger partial charge in [-0.15, -0.1) is 11.6 Å². The molecule has 0 atom stereocenters. The third kappa shape index (κ3) is 4.05. The standard InChI is InChI=1S/C18H25ClN4/c19-12-18(20)21-11-5-9-16-15-8-3-4-10-17(15)23(22-16)13-14-6-1-2-7-14/h3-4,8,10,14H,1-2,5-7,9,11-13H2,(H2,20,21). The molecule has 5 heteroatoms. The Balaban J connectivity index is 1.72. The Hall–Kier alpha value is -1.55. The molecule has 1 aromatic carbocycles. The molecule has 4 nitrogen and oxygen atoms in total. The maximum absolute atomic E-state index is 5.64. The average molecular weight is 333 g/mol. The molecular weight excluding hydrogens is 308 g/mol. The lowest BCUT2D eigenvalue weighted by Gasteiger charge is -2.09. The number of fused-ring (bicyclic) bond motifs is 1. The fraction of sp³-hybridized carbons (Fsp3) is 0.556. The Labute approximate surface area is 142 Å². The van der Waals surface area contributed by atoms with Crippen molar-refractivity contribution in [3.63, 3.8) is 0 Å². The second-order valence-corrected chi connectivity index (χ2v) is 6.67. The van der Waals surface area contributed by atoms with E-state index in [1.807, 2.05) is 0 Å². The SMILES string of the molecule is NC(CCl)=NCCCc1nn(CC2CCCC2)c2ccccc12. The normalized spacial score (nSPS) is 16.5. The van der Waals surface area contributed by atoms with E-state index in [2.05, 4.69) is 33.9 Å². The predicted octanol–water partition coefficient (Wildman–Crippen LogP) is 3.76. The van der Waals surface area contributed by atoms with Gasteiger partial charge in [-0.1, -0.05) is 31.0 Å². The van der Waals surface area contributed by atoms with Gasteiger partial charge in [-0.3, -0.25) is 9.67 Å². The fourth-order valence-corrected chi connectivity index (χ4v) is 3.55. The van der Waals surface area contributed by atoms with E-state index in [4.69, 9.17) is 22.4 Å². The zero-order chi connectivity index (χ0) is 16.1. The minimum Gasteiger partial charge on any atom is -0.386 e. The van der Waals surface area contributed by atoms with Crippen LogP contribution in [0.5, 0.6) is 0 Å². The Morgan fingerprint density at radius 3 is 2.87 bits per heavy atom. The van der Waals surface area contributed by atoms with Crippen LogP contribution in [-0.4, -0.2) is 28.0 Å². The number of hydrogen-bond donors (Lipinski definition) is 1. The van der Waals surface area contributed by atoms with E-state index in [9.17, 15) is 0 Å². The number of alkyl halides is 1. The molecule has 0 spiro atoms. The van der Waals surface area contributed by atoms with Gasteiger partial charge in [0.15, 0.2) is 0 Å². The number of aromatic nitrogens is 2. The molecule has 0 unspecified atom stereocenters. The van der Waals surface area contributed by atoms with Crippen LogP contribution >= 0.6 is 11.6 Å². The largest absolute Gasteiger partial charge is 0.386 e. The first-order chi connectivity index (χ1) is 11.3. The van der Waals surface area contributed by atoms with Gasteiger partial charge in [-0.05, 0) is 37.7 Å². The Morgan fingerprint density at radius 2 is 2.09 bits per heavy atom. The molecule has 2 N–H and O–H groups in total. The number of amidine groups is 1. The summed E-state index contributed by atoms with van der Waals surface area (Å²) in [6.07, 6.45) is 7.30. The number of hydrogen-bond acceptors (Lipinski definition) is 2. The van der Waals surface area contributed by atoms with Gasteiger partial charge in [0.25, 0.3) is 0 Å². The van der Waals surface area contributed by atoms with Crippen LogP contribution in [0.3, 0.4) is 0 Å². The molecule has 0 amide bonds. The lowest BCUT2D eigenvalue weighted by molar-refractivity contribution is 0.435. The number of halogens is 1. The molecule has 0 saturated heterocycles. The fourth-order valence-electron chi connectivity index (χ4n) is 3.47. The van der Waals surface area contributed by atoms with Gasteiger partial charge in [0.1, 0.15) is 5.84 Å². The highest BCUT2D eigenvalue weighted by molar-refractivity contribution is 6.27. The van der Waals surface area contributed by atoms with Crippen LogP contribution in [0, 0.1) is 5.92 Å². The summed E-state index contributed by atoms with van der Waals surface area (Å²) < 4.78 is 2.22. The Morgan fingerprint density at radius 1 is 1.30 bits per heavy atom. The van der Waals surface area contributed by atoms with Crippen LogP contribution in [0.25, 0.3) is 10.9 Å². The van der Waals surface area contributed by atoms with Gasteiger partial charge in [0.2, 0.25) is 0 Å². The zero-order valence-corrected chi connectivity index (χ0v) is 14.3. The number of aliphatic imine (C=N–C) groups is 1. The predicted molar refractivity (Wildman–Crippen MR) is 97.2 cm³/mol. The van der Waals surface area contributed by atoms with Crippen LogP contribution in [0.1, 0.15) is 37.8 Å². The van der Waals surface area contributed by atoms with Crippen molar-refractivity contribution in [2.45, 2.75) is 45.1 Å². The van der Waals surface area contributed by atoms with Crippen LogP contribution in [0.4, 0.5) is 0 Å². The number of nitrogens with two attached hydrogens (primary N) is 1. The van der Waals surface area contributed by atoms with Crippen molar-refractivity contribution in [1.29, 1.82) is 0 Å². The number of rotatable bonds is 7. The van der Waals surface area contributed by atoms with Crippen molar-refractivity contribution in [3.8, 4) is 0 Å². The second kappa shape index (κ2) is 7.82. The number of para-hydroxylation sites is 1. The molecule has 1 saturated carbocycles. The molecule has 1 aliphatic carbocycles. The molecule has 2 aromatic rings. The van der Waals surface area contributed by atoms with Crippen LogP contribution < -0.4 is 5.73 Å². The summed E-state index contributed by atoms with van der Waals surface area (Å²) in [5, 5.41) is 6.18. The number of aryl methyl sites for hydroxylation is 1. The highest BCUT2D eigenvalue weighted by Gasteiger charge is 2.18. The maximum Gasteiger partial charge on any atom is 0.109 e. The van der Waals surface area contributed by atoms with Gasteiger partial charge in [0.05, 0.1) is 17.1 Å². The summed E-state index contributed by atoms with van der Waals surface area (Å²) in [5.41, 5.74) is 8.08. The summed E-state index contributed by atoms with van der Waals surface area (Å²) in [5.74, 6) is 1.61. The molecule has 1 aromatic heterocycles. The second-order valence-electron chi connectivity index (χ2n) is 6.41. The Kier molecular flexibility index (Phi) is 5.55. The van der Waals surface area contributed by atoms with E-state index in [1.165, 1.54) is 42.3 Å². The van der Waals surface area contributed by atoms with E-state index >= 15 is 0 Å². The molecule has 3 rings (SSSR count). The van der Waals surface area contributed by atoms with Crippen molar-refractivity contribution in [2.75, 3.05) is 12.4 Å². The molecule has 1 aliphatic rings. The van der Waals surface area contributed by atoms with Gasteiger partial charge in [0, 0.05) is 18.5 Å². The number of nitrogens with zero attached hydrogens (tertiary/aromatic N) is 3. The van der Waals surface area contributed by atoms with Crippen molar-refractivity contribution < 1.29 is 0 Å². The van der Waals surface area contributed by atoms with Crippen molar-refractivity contribution in [2.24, 2.45) is 16.6 Å². The van der Waals surface area contributed by atoms with E-state index in [0.29, 0.717) is 18.3 Å². The van der Waals surface area contributed by atoms with E-state index in [-0.39, 0.29) is 0 Å². The Bertz CT molecular complexity index is 671. The van der Waals surface area contributed by atoms with E-state index < -0.39 is 0 Å². The quantitative estimate of drug-likeness (QED) is 0.363. The monoisotopic (exact) mass is 332 g/mol. The molecule has 1 heterocycles. The molecule has 1 fully saturated rings. The summed E-state index contributed by atoms with van der Waals surface area (Å²) >= 11 is 5.64. The topological polar surface area (TPSA) is 56.2 Å². The summed E-state index contributed by atoms with van der Waals surface area (Å²) in [6, 6.07) is 8.56. The average Bonchev–Trinajstić information content (AvgIpc) is 3.20. The smallest absolute Gasteiger partial charge is 0.109 e. The van der Waals surface area contributed by atoms with Crippen molar-refractivity contribution in [1.82, 2.24) is 9.78 Å². The third-order valence-corrected chi connectivity index (χ3v) is 4.94. The van der Waals surface area contributed by atoms with Gasteiger partial charge in [-0.25, -0.2) is 0 Å². The molecule has 23 heavy (non-hydrogen) atoms. The van der Waals surface area contributed by atoms with Crippen molar-refractivity contribution in [3.05, 3.63) is 30.0 Å². The first-order valence-corrected chi connectivity index (χ1v) is 9.10. The summed E-state index contributed by atoms with van der Waals surface area (Å²) in [7, 11) is 0. The summed E-state index contributed by atoms with van der Waals surface area (Å²) in [4.78, 5) is 4.26. The summed E-state index contributed by atoms with van der Waals surface area (Å²) in [6.45, 7) is 1.76. The minimum atomic E-state index is 0.305. The lowest BCUT2D eigenvalue weighted by atomic mass is 10.1. The highest BCUT2D eigenvalue weighted by Crippen LogP contribution is 2.28. The van der Waals surface area contributed by atoms with Crippen LogP contribution in [-0.2, 0) is 13.0 Å². The minimum absolute atomic E-state index is 0.305. The first-order valence-electron chi connectivity index (χ1n) is 8.57. The molecule has 0 aliphatic heterocycles. The molecule has 0 bridgehead atoms. The van der Waals surface area contributed by atoms with Gasteiger partial charge < -0.3 is 5.73 Å². The molecule has 0 radical (unpaired) electrons. The van der Waals surface area contributed by atoms with Crippen LogP contribution in [0.2, 0.25) is 0 Å². The van der Waals surface area contributed by atoms with Gasteiger partial charge >= 0.3 is 0 Å².